The zero-order valence-corrected chi connectivity index (χ0v) is 14.3. The van der Waals surface area contributed by atoms with Crippen molar-refractivity contribution >= 4 is 46.6 Å². The largest absolute Gasteiger partial charge is 0.325 e. The van der Waals surface area contributed by atoms with Gasteiger partial charge in [0, 0.05) is 12.2 Å². The van der Waals surface area contributed by atoms with E-state index < -0.39 is 0 Å². The third kappa shape index (κ3) is 5.56. The van der Waals surface area contributed by atoms with Crippen molar-refractivity contribution in [2.45, 2.75) is 18.6 Å². The van der Waals surface area contributed by atoms with Gasteiger partial charge < -0.3 is 5.32 Å². The summed E-state index contributed by atoms with van der Waals surface area (Å²) in [6, 6.07) is 15.5. The van der Waals surface area contributed by atoms with E-state index in [4.69, 9.17) is 23.2 Å². The lowest BCUT2D eigenvalue weighted by Crippen LogP contribution is -2.11. The molecule has 0 unspecified atom stereocenters. The van der Waals surface area contributed by atoms with Crippen LogP contribution in [0.5, 0.6) is 0 Å². The van der Waals surface area contributed by atoms with Gasteiger partial charge in [-0.25, -0.2) is 0 Å². The molecule has 0 bridgehead atoms. The van der Waals surface area contributed by atoms with Crippen LogP contribution in [-0.4, -0.2) is 11.7 Å². The Hall–Kier alpha value is -1.16. The summed E-state index contributed by atoms with van der Waals surface area (Å²) >= 11 is 13.8. The second-order valence-corrected chi connectivity index (χ2v) is 6.68. The van der Waals surface area contributed by atoms with Gasteiger partial charge in [-0.2, -0.15) is 11.8 Å². The Kier molecular flexibility index (Phi) is 7.10. The van der Waals surface area contributed by atoms with Crippen LogP contribution in [0.3, 0.4) is 0 Å². The van der Waals surface area contributed by atoms with Crippen molar-refractivity contribution in [3.05, 3.63) is 64.1 Å². The molecule has 1 N–H and O–H groups in total. The molecule has 0 fully saturated rings. The van der Waals surface area contributed by atoms with Gasteiger partial charge in [0.15, 0.2) is 0 Å². The summed E-state index contributed by atoms with van der Waals surface area (Å²) in [6.07, 6.45) is 1.31. The van der Waals surface area contributed by atoms with Gasteiger partial charge in [0.1, 0.15) is 0 Å². The molecular formula is C17H17Cl2NOS. The standard InChI is InChI=1S/C17H17Cl2NOS/c18-14-8-4-9-15(17(14)19)20-16(21)10-5-11-22-12-13-6-2-1-3-7-13/h1-4,6-9H,5,10-12H2,(H,20,21). The molecule has 22 heavy (non-hydrogen) atoms. The first-order valence-corrected chi connectivity index (χ1v) is 8.93. The lowest BCUT2D eigenvalue weighted by Gasteiger charge is -2.08. The molecule has 5 heteroatoms. The highest BCUT2D eigenvalue weighted by Crippen LogP contribution is 2.29. The first-order valence-electron chi connectivity index (χ1n) is 7.02. The SMILES string of the molecule is O=C(CCCSCc1ccccc1)Nc1cccc(Cl)c1Cl. The maximum absolute atomic E-state index is 11.9. The summed E-state index contributed by atoms with van der Waals surface area (Å²) < 4.78 is 0. The fourth-order valence-corrected chi connectivity index (χ4v) is 3.18. The van der Waals surface area contributed by atoms with Crippen LogP contribution >= 0.6 is 35.0 Å². The molecule has 116 valence electrons. The van der Waals surface area contributed by atoms with Crippen molar-refractivity contribution in [2.75, 3.05) is 11.1 Å². The number of carbonyl (C=O) groups is 1. The van der Waals surface area contributed by atoms with Crippen molar-refractivity contribution in [3.8, 4) is 0 Å². The molecule has 0 aliphatic rings. The highest BCUT2D eigenvalue weighted by Gasteiger charge is 2.08. The Morgan fingerprint density at radius 3 is 2.59 bits per heavy atom. The average molecular weight is 354 g/mol. The third-order valence-electron chi connectivity index (χ3n) is 3.03. The van der Waals surface area contributed by atoms with Crippen LogP contribution < -0.4 is 5.32 Å². The van der Waals surface area contributed by atoms with Gasteiger partial charge in [-0.3, -0.25) is 4.79 Å². The molecule has 2 aromatic rings. The van der Waals surface area contributed by atoms with Crippen LogP contribution in [0.15, 0.2) is 48.5 Å². The molecule has 0 heterocycles. The predicted octanol–water partition coefficient (Wildman–Crippen LogP) is 5.65. The smallest absolute Gasteiger partial charge is 0.224 e. The number of anilines is 1. The fraction of sp³-hybridized carbons (Fsp3) is 0.235. The number of benzene rings is 2. The number of hydrogen-bond donors (Lipinski definition) is 1. The maximum atomic E-state index is 11.9. The van der Waals surface area contributed by atoms with E-state index in [2.05, 4.69) is 17.4 Å². The zero-order valence-electron chi connectivity index (χ0n) is 12.0. The minimum atomic E-state index is -0.0375. The third-order valence-corrected chi connectivity index (χ3v) is 4.96. The number of nitrogens with one attached hydrogen (secondary N) is 1. The predicted molar refractivity (Wildman–Crippen MR) is 96.9 cm³/mol. The minimum Gasteiger partial charge on any atom is -0.325 e. The molecule has 0 radical (unpaired) electrons. The number of halogens is 2. The van der Waals surface area contributed by atoms with Crippen molar-refractivity contribution in [3.63, 3.8) is 0 Å². The van der Waals surface area contributed by atoms with Gasteiger partial charge in [0.2, 0.25) is 5.91 Å². The first-order chi connectivity index (χ1) is 10.7. The Bertz CT molecular complexity index is 619. The highest BCUT2D eigenvalue weighted by molar-refractivity contribution is 7.98. The van der Waals surface area contributed by atoms with Gasteiger partial charge in [-0.05, 0) is 29.9 Å². The van der Waals surface area contributed by atoms with E-state index in [1.807, 2.05) is 30.0 Å². The van der Waals surface area contributed by atoms with Crippen LogP contribution in [0.1, 0.15) is 18.4 Å². The molecule has 2 rings (SSSR count). The molecule has 2 nitrogen and oxygen atoms in total. The van der Waals surface area contributed by atoms with Crippen molar-refractivity contribution in [2.24, 2.45) is 0 Å². The van der Waals surface area contributed by atoms with E-state index in [9.17, 15) is 4.79 Å². The highest BCUT2D eigenvalue weighted by atomic mass is 35.5. The molecule has 1 amide bonds. The van der Waals surface area contributed by atoms with E-state index >= 15 is 0 Å². The van der Waals surface area contributed by atoms with Gasteiger partial charge in [-0.1, -0.05) is 59.6 Å². The lowest BCUT2D eigenvalue weighted by atomic mass is 10.2. The topological polar surface area (TPSA) is 29.1 Å². The molecule has 2 aromatic carbocycles. The number of carbonyl (C=O) groups excluding carboxylic acids is 1. The first kappa shape index (κ1) is 17.2. The van der Waals surface area contributed by atoms with E-state index in [1.54, 1.807) is 18.2 Å². The van der Waals surface area contributed by atoms with Crippen molar-refractivity contribution in [1.82, 2.24) is 0 Å². The quantitative estimate of drug-likeness (QED) is 0.652. The van der Waals surface area contributed by atoms with Gasteiger partial charge in [-0.15, -0.1) is 0 Å². The molecule has 0 aromatic heterocycles. The Labute approximate surface area is 145 Å². The van der Waals surface area contributed by atoms with Crippen LogP contribution in [0.4, 0.5) is 5.69 Å². The lowest BCUT2D eigenvalue weighted by molar-refractivity contribution is -0.116. The molecule has 0 aliphatic carbocycles. The normalized spacial score (nSPS) is 10.5. The summed E-state index contributed by atoms with van der Waals surface area (Å²) in [4.78, 5) is 11.9. The Morgan fingerprint density at radius 1 is 1.05 bits per heavy atom. The van der Waals surface area contributed by atoms with E-state index in [-0.39, 0.29) is 5.91 Å². The van der Waals surface area contributed by atoms with Crippen molar-refractivity contribution < 1.29 is 4.79 Å². The van der Waals surface area contributed by atoms with Crippen molar-refractivity contribution in [1.29, 1.82) is 0 Å². The van der Waals surface area contributed by atoms with E-state index in [1.165, 1.54) is 5.56 Å². The van der Waals surface area contributed by atoms with Crippen LogP contribution in [0, 0.1) is 0 Å². The van der Waals surface area contributed by atoms with Crippen LogP contribution in [-0.2, 0) is 10.5 Å². The Balaban J connectivity index is 1.67. The molecule has 0 atom stereocenters. The van der Waals surface area contributed by atoms with Gasteiger partial charge in [0.05, 0.1) is 15.7 Å². The maximum Gasteiger partial charge on any atom is 0.224 e. The van der Waals surface area contributed by atoms with Crippen LogP contribution in [0.25, 0.3) is 0 Å². The number of thioether (sulfide) groups is 1. The summed E-state index contributed by atoms with van der Waals surface area (Å²) in [5, 5.41) is 3.62. The monoisotopic (exact) mass is 353 g/mol. The Morgan fingerprint density at radius 2 is 1.82 bits per heavy atom. The molecular weight excluding hydrogens is 337 g/mol. The second-order valence-electron chi connectivity index (χ2n) is 4.79. The molecule has 0 aliphatic heterocycles. The second kappa shape index (κ2) is 9.09. The fourth-order valence-electron chi connectivity index (χ4n) is 1.91. The zero-order chi connectivity index (χ0) is 15.8. The molecule has 0 saturated heterocycles. The van der Waals surface area contributed by atoms with E-state index in [0.717, 1.165) is 17.9 Å². The summed E-state index contributed by atoms with van der Waals surface area (Å²) in [5.41, 5.74) is 1.87. The number of hydrogen-bond acceptors (Lipinski definition) is 2. The average Bonchev–Trinajstić information content (AvgIpc) is 2.52. The number of amides is 1. The summed E-state index contributed by atoms with van der Waals surface area (Å²) in [6.45, 7) is 0. The summed E-state index contributed by atoms with van der Waals surface area (Å²) in [7, 11) is 0. The van der Waals surface area contributed by atoms with Gasteiger partial charge >= 0.3 is 0 Å². The van der Waals surface area contributed by atoms with E-state index in [0.29, 0.717) is 22.2 Å². The number of rotatable bonds is 7. The van der Waals surface area contributed by atoms with Crippen LogP contribution in [0.2, 0.25) is 10.0 Å². The minimum absolute atomic E-state index is 0.0375. The summed E-state index contributed by atoms with van der Waals surface area (Å²) in [5.74, 6) is 1.89. The molecule has 0 saturated carbocycles. The molecule has 0 spiro atoms. The van der Waals surface area contributed by atoms with Gasteiger partial charge in [0.25, 0.3) is 0 Å².